The molecule has 1 aromatic carbocycles. The summed E-state index contributed by atoms with van der Waals surface area (Å²) in [5, 5.41) is 15.7. The molecule has 0 radical (unpaired) electrons. The van der Waals surface area contributed by atoms with Crippen LogP contribution >= 0.6 is 15.9 Å². The molecule has 0 saturated carbocycles. The Hall–Kier alpha value is -1.90. The van der Waals surface area contributed by atoms with Crippen LogP contribution in [0.5, 0.6) is 0 Å². The monoisotopic (exact) mass is 344 g/mol. The number of aromatic nitrogens is 1. The second-order valence-electron chi connectivity index (χ2n) is 4.62. The first kappa shape index (κ1) is 15.5. The Kier molecular flexibility index (Phi) is 6.20. The average Bonchev–Trinajstić information content (AvgIpc) is 2.52. The number of nitrogens with one attached hydrogen (secondary N) is 2. The molecule has 2 N–H and O–H groups in total. The van der Waals surface area contributed by atoms with Crippen LogP contribution in [-0.2, 0) is 6.54 Å². The highest BCUT2D eigenvalue weighted by molar-refractivity contribution is 9.10. The fourth-order valence-electron chi connectivity index (χ4n) is 1.93. The fourth-order valence-corrected chi connectivity index (χ4v) is 2.29. The number of pyridine rings is 1. The number of nitrogens with zero attached hydrogens (tertiary/aromatic N) is 2. The summed E-state index contributed by atoms with van der Waals surface area (Å²) in [6, 6.07) is 11.8. The standard InChI is InChI=1S/C16H17BrN4/c17-15-5-4-14(10-18)16(9-15)21-8-2-7-20-12-13-3-1-6-19-11-13/h1,3-6,9,11,20-21H,2,7-8,12H2. The molecule has 4 nitrogen and oxygen atoms in total. The van der Waals surface area contributed by atoms with E-state index in [2.05, 4.69) is 43.7 Å². The number of anilines is 1. The van der Waals surface area contributed by atoms with E-state index in [9.17, 15) is 0 Å². The Morgan fingerprint density at radius 3 is 2.90 bits per heavy atom. The van der Waals surface area contributed by atoms with Crippen molar-refractivity contribution in [3.63, 3.8) is 0 Å². The van der Waals surface area contributed by atoms with E-state index in [1.807, 2.05) is 30.5 Å². The van der Waals surface area contributed by atoms with Gasteiger partial charge in [-0.2, -0.15) is 5.26 Å². The highest BCUT2D eigenvalue weighted by Gasteiger charge is 2.01. The molecule has 2 rings (SSSR count). The Morgan fingerprint density at radius 2 is 2.14 bits per heavy atom. The van der Waals surface area contributed by atoms with E-state index in [4.69, 9.17) is 5.26 Å². The van der Waals surface area contributed by atoms with Crippen LogP contribution in [0.15, 0.2) is 47.2 Å². The summed E-state index contributed by atoms with van der Waals surface area (Å²) in [5.74, 6) is 0. The molecule has 0 aliphatic rings. The highest BCUT2D eigenvalue weighted by atomic mass is 79.9. The van der Waals surface area contributed by atoms with Crippen LogP contribution in [-0.4, -0.2) is 18.1 Å². The number of halogens is 1. The fraction of sp³-hybridized carbons (Fsp3) is 0.250. The zero-order valence-electron chi connectivity index (χ0n) is 11.6. The zero-order valence-corrected chi connectivity index (χ0v) is 13.2. The van der Waals surface area contributed by atoms with Crippen LogP contribution in [0, 0.1) is 11.3 Å². The lowest BCUT2D eigenvalue weighted by atomic mass is 10.2. The van der Waals surface area contributed by atoms with E-state index in [1.54, 1.807) is 6.20 Å². The van der Waals surface area contributed by atoms with Gasteiger partial charge in [-0.15, -0.1) is 0 Å². The minimum Gasteiger partial charge on any atom is -0.384 e. The molecule has 1 heterocycles. The molecule has 108 valence electrons. The summed E-state index contributed by atoms with van der Waals surface area (Å²) in [6.07, 6.45) is 4.63. The molecule has 2 aromatic rings. The Balaban J connectivity index is 1.68. The van der Waals surface area contributed by atoms with Crippen molar-refractivity contribution >= 4 is 21.6 Å². The maximum atomic E-state index is 9.05. The van der Waals surface area contributed by atoms with Gasteiger partial charge in [-0.25, -0.2) is 0 Å². The summed E-state index contributed by atoms with van der Waals surface area (Å²) in [4.78, 5) is 4.08. The Morgan fingerprint density at radius 1 is 1.24 bits per heavy atom. The van der Waals surface area contributed by atoms with Gasteiger partial charge < -0.3 is 10.6 Å². The zero-order chi connectivity index (χ0) is 14.9. The molecule has 0 fully saturated rings. The SMILES string of the molecule is N#Cc1ccc(Br)cc1NCCCNCc1cccnc1. The molecule has 0 bridgehead atoms. The third kappa shape index (κ3) is 5.18. The molecule has 1 aromatic heterocycles. The Labute approximate surface area is 133 Å². The van der Waals surface area contributed by atoms with E-state index in [-0.39, 0.29) is 0 Å². The minimum absolute atomic E-state index is 0.668. The van der Waals surface area contributed by atoms with Gasteiger partial charge in [0, 0.05) is 30.0 Å². The quantitative estimate of drug-likeness (QED) is 0.756. The molecule has 0 aliphatic carbocycles. The van der Waals surface area contributed by atoms with Crippen molar-refractivity contribution in [2.75, 3.05) is 18.4 Å². The van der Waals surface area contributed by atoms with Gasteiger partial charge in [0.15, 0.2) is 0 Å². The molecule has 0 spiro atoms. The third-order valence-electron chi connectivity index (χ3n) is 3.00. The normalized spacial score (nSPS) is 10.1. The lowest BCUT2D eigenvalue weighted by Crippen LogP contribution is -2.17. The van der Waals surface area contributed by atoms with Crippen LogP contribution in [0.4, 0.5) is 5.69 Å². The summed E-state index contributed by atoms with van der Waals surface area (Å²) in [7, 11) is 0. The first-order chi connectivity index (χ1) is 10.3. The van der Waals surface area contributed by atoms with Crippen LogP contribution in [0.1, 0.15) is 17.5 Å². The third-order valence-corrected chi connectivity index (χ3v) is 3.49. The van der Waals surface area contributed by atoms with Crippen molar-refractivity contribution in [1.82, 2.24) is 10.3 Å². The molecule has 0 amide bonds. The summed E-state index contributed by atoms with van der Waals surface area (Å²) in [6.45, 7) is 2.57. The molecule has 5 heteroatoms. The number of hydrogen-bond donors (Lipinski definition) is 2. The van der Waals surface area contributed by atoms with Crippen LogP contribution < -0.4 is 10.6 Å². The summed E-state index contributed by atoms with van der Waals surface area (Å²) >= 11 is 3.42. The van der Waals surface area contributed by atoms with Crippen molar-refractivity contribution in [2.24, 2.45) is 0 Å². The van der Waals surface area contributed by atoms with Gasteiger partial charge in [-0.05, 0) is 42.8 Å². The molecule has 0 unspecified atom stereocenters. The van der Waals surface area contributed by atoms with Gasteiger partial charge in [-0.3, -0.25) is 4.98 Å². The number of nitriles is 1. The van der Waals surface area contributed by atoms with Gasteiger partial charge in [0.2, 0.25) is 0 Å². The van der Waals surface area contributed by atoms with E-state index in [0.717, 1.165) is 36.2 Å². The topological polar surface area (TPSA) is 60.7 Å². The predicted molar refractivity (Wildman–Crippen MR) is 87.9 cm³/mol. The highest BCUT2D eigenvalue weighted by Crippen LogP contribution is 2.20. The second kappa shape index (κ2) is 8.40. The molecular weight excluding hydrogens is 328 g/mol. The van der Waals surface area contributed by atoms with Crippen molar-refractivity contribution in [2.45, 2.75) is 13.0 Å². The summed E-state index contributed by atoms with van der Waals surface area (Å²) in [5.41, 5.74) is 2.73. The first-order valence-electron chi connectivity index (χ1n) is 6.83. The van der Waals surface area contributed by atoms with Crippen LogP contribution in [0.3, 0.4) is 0 Å². The molecule has 21 heavy (non-hydrogen) atoms. The van der Waals surface area contributed by atoms with Gasteiger partial charge in [0.1, 0.15) is 6.07 Å². The maximum absolute atomic E-state index is 9.05. The van der Waals surface area contributed by atoms with Gasteiger partial charge in [-0.1, -0.05) is 22.0 Å². The molecular formula is C16H17BrN4. The number of rotatable bonds is 7. The van der Waals surface area contributed by atoms with Crippen molar-refractivity contribution in [1.29, 1.82) is 5.26 Å². The van der Waals surface area contributed by atoms with Crippen molar-refractivity contribution < 1.29 is 0 Å². The van der Waals surface area contributed by atoms with Gasteiger partial charge >= 0.3 is 0 Å². The number of benzene rings is 1. The van der Waals surface area contributed by atoms with Crippen molar-refractivity contribution in [3.8, 4) is 6.07 Å². The average molecular weight is 345 g/mol. The van der Waals surface area contributed by atoms with E-state index >= 15 is 0 Å². The van der Waals surface area contributed by atoms with Crippen LogP contribution in [0.2, 0.25) is 0 Å². The molecule has 0 aliphatic heterocycles. The maximum Gasteiger partial charge on any atom is 0.101 e. The second-order valence-corrected chi connectivity index (χ2v) is 5.54. The lowest BCUT2D eigenvalue weighted by molar-refractivity contribution is 0.662. The van der Waals surface area contributed by atoms with E-state index in [0.29, 0.717) is 5.56 Å². The molecule has 0 atom stereocenters. The first-order valence-corrected chi connectivity index (χ1v) is 7.62. The lowest BCUT2D eigenvalue weighted by Gasteiger charge is -2.09. The molecule has 0 saturated heterocycles. The van der Waals surface area contributed by atoms with Crippen LogP contribution in [0.25, 0.3) is 0 Å². The van der Waals surface area contributed by atoms with E-state index < -0.39 is 0 Å². The Bertz CT molecular complexity index is 607. The van der Waals surface area contributed by atoms with Gasteiger partial charge in [0.25, 0.3) is 0 Å². The minimum atomic E-state index is 0.668. The van der Waals surface area contributed by atoms with Gasteiger partial charge in [0.05, 0.1) is 11.3 Å². The predicted octanol–water partition coefficient (Wildman–Crippen LogP) is 3.31. The van der Waals surface area contributed by atoms with E-state index in [1.165, 1.54) is 5.56 Å². The summed E-state index contributed by atoms with van der Waals surface area (Å²) < 4.78 is 0.971. The largest absolute Gasteiger partial charge is 0.384 e. The number of hydrogen-bond acceptors (Lipinski definition) is 4. The van der Waals surface area contributed by atoms with Crippen molar-refractivity contribution in [3.05, 3.63) is 58.3 Å². The smallest absolute Gasteiger partial charge is 0.101 e.